The van der Waals surface area contributed by atoms with Crippen LogP contribution >= 0.6 is 0 Å². The molecule has 1 N–H and O–H groups in total. The molecule has 0 aliphatic carbocycles. The number of aryl methyl sites for hydroxylation is 1. The van der Waals surface area contributed by atoms with Crippen LogP contribution in [0.15, 0.2) is 18.2 Å². The van der Waals surface area contributed by atoms with Crippen LogP contribution in [0.5, 0.6) is 5.75 Å². The second-order valence-electron chi connectivity index (χ2n) is 2.32. The molecule has 12 heavy (non-hydrogen) atoms. The number of allylic oxidation sites excluding steroid dienone is 1. The van der Waals surface area contributed by atoms with Gasteiger partial charge >= 0.3 is 0 Å². The smallest absolute Gasteiger partial charge is 0.141 e. The van der Waals surface area contributed by atoms with Gasteiger partial charge in [-0.15, -0.1) is 0 Å². The van der Waals surface area contributed by atoms with Gasteiger partial charge in [-0.1, -0.05) is 0 Å². The standard InChI is InChI=1S/C9H8N2O/c1-7-4-5-9(12)8(11-7)3-2-6-10/h2-5,12H,1H3. The van der Waals surface area contributed by atoms with Crippen molar-refractivity contribution in [1.29, 1.82) is 5.26 Å². The molecule has 0 spiro atoms. The summed E-state index contributed by atoms with van der Waals surface area (Å²) in [6.45, 7) is 1.82. The summed E-state index contributed by atoms with van der Waals surface area (Å²) < 4.78 is 0. The van der Waals surface area contributed by atoms with Crippen molar-refractivity contribution in [2.45, 2.75) is 6.92 Å². The normalized spacial score (nSPS) is 10.0. The van der Waals surface area contributed by atoms with Crippen molar-refractivity contribution in [3.63, 3.8) is 0 Å². The Morgan fingerprint density at radius 3 is 3.00 bits per heavy atom. The van der Waals surface area contributed by atoms with Gasteiger partial charge in [0, 0.05) is 11.8 Å². The van der Waals surface area contributed by atoms with Crippen molar-refractivity contribution in [1.82, 2.24) is 4.98 Å². The number of hydrogen-bond acceptors (Lipinski definition) is 3. The molecule has 1 heterocycles. The van der Waals surface area contributed by atoms with Gasteiger partial charge in [0.1, 0.15) is 11.4 Å². The van der Waals surface area contributed by atoms with E-state index in [1.165, 1.54) is 12.2 Å². The first kappa shape index (κ1) is 8.28. The molecule has 0 radical (unpaired) electrons. The van der Waals surface area contributed by atoms with Crippen molar-refractivity contribution in [3.05, 3.63) is 29.6 Å². The van der Waals surface area contributed by atoms with Gasteiger partial charge in [-0.25, -0.2) is 4.98 Å². The van der Waals surface area contributed by atoms with Gasteiger partial charge in [-0.2, -0.15) is 5.26 Å². The van der Waals surface area contributed by atoms with E-state index in [9.17, 15) is 5.11 Å². The number of aromatic nitrogens is 1. The maximum atomic E-state index is 9.24. The summed E-state index contributed by atoms with van der Waals surface area (Å²) in [5.74, 6) is 0.0899. The zero-order valence-corrected chi connectivity index (χ0v) is 6.65. The third kappa shape index (κ3) is 1.83. The maximum absolute atomic E-state index is 9.24. The second-order valence-corrected chi connectivity index (χ2v) is 2.32. The van der Waals surface area contributed by atoms with E-state index in [4.69, 9.17) is 5.26 Å². The van der Waals surface area contributed by atoms with Crippen molar-refractivity contribution in [2.24, 2.45) is 0 Å². The van der Waals surface area contributed by atoms with Crippen LogP contribution in [0.4, 0.5) is 0 Å². The van der Waals surface area contributed by atoms with E-state index in [2.05, 4.69) is 4.98 Å². The van der Waals surface area contributed by atoms with E-state index < -0.39 is 0 Å². The van der Waals surface area contributed by atoms with E-state index in [-0.39, 0.29) is 5.75 Å². The molecule has 1 rings (SSSR count). The second kappa shape index (κ2) is 3.54. The Morgan fingerprint density at radius 2 is 2.33 bits per heavy atom. The topological polar surface area (TPSA) is 56.9 Å². The first-order valence-corrected chi connectivity index (χ1v) is 3.47. The molecule has 60 valence electrons. The van der Waals surface area contributed by atoms with E-state index in [1.807, 2.05) is 13.0 Å². The molecule has 0 atom stereocenters. The Balaban J connectivity index is 3.07. The van der Waals surface area contributed by atoms with Crippen LogP contribution in [-0.2, 0) is 0 Å². The molecule has 0 bridgehead atoms. The van der Waals surface area contributed by atoms with Gasteiger partial charge in [0.2, 0.25) is 0 Å². The van der Waals surface area contributed by atoms with Gasteiger partial charge in [0.25, 0.3) is 0 Å². The Bertz CT molecular complexity index is 350. The molecule has 3 nitrogen and oxygen atoms in total. The van der Waals surface area contributed by atoms with Gasteiger partial charge in [0.05, 0.1) is 6.07 Å². The van der Waals surface area contributed by atoms with Crippen molar-refractivity contribution < 1.29 is 5.11 Å². The van der Waals surface area contributed by atoms with Crippen molar-refractivity contribution in [3.8, 4) is 11.8 Å². The summed E-state index contributed by atoms with van der Waals surface area (Å²) in [5, 5.41) is 17.5. The first-order chi connectivity index (χ1) is 5.74. The lowest BCUT2D eigenvalue weighted by Gasteiger charge is -1.97. The maximum Gasteiger partial charge on any atom is 0.141 e. The summed E-state index contributed by atoms with van der Waals surface area (Å²) >= 11 is 0. The molecule has 1 aromatic rings. The Morgan fingerprint density at radius 1 is 1.58 bits per heavy atom. The Kier molecular flexibility index (Phi) is 2.44. The highest BCUT2D eigenvalue weighted by Gasteiger charge is 1.97. The van der Waals surface area contributed by atoms with Gasteiger partial charge < -0.3 is 5.11 Å². The minimum atomic E-state index is 0.0899. The highest BCUT2D eigenvalue weighted by Crippen LogP contribution is 2.15. The van der Waals surface area contributed by atoms with Crippen LogP contribution in [-0.4, -0.2) is 10.1 Å². The van der Waals surface area contributed by atoms with Crippen LogP contribution in [0.1, 0.15) is 11.4 Å². The average Bonchev–Trinajstić information content (AvgIpc) is 2.07. The van der Waals surface area contributed by atoms with E-state index >= 15 is 0 Å². The molecule has 0 aliphatic heterocycles. The molecule has 0 aliphatic rings. The van der Waals surface area contributed by atoms with E-state index in [0.717, 1.165) is 5.69 Å². The molecule has 0 fully saturated rings. The largest absolute Gasteiger partial charge is 0.506 e. The molecule has 3 heteroatoms. The summed E-state index contributed by atoms with van der Waals surface area (Å²) in [4.78, 5) is 4.02. The number of pyridine rings is 1. The number of aromatic hydroxyl groups is 1. The third-order valence-electron chi connectivity index (χ3n) is 1.36. The molecule has 0 aromatic carbocycles. The number of hydrogen-bond donors (Lipinski definition) is 1. The lowest BCUT2D eigenvalue weighted by Crippen LogP contribution is -1.84. The molecule has 0 unspecified atom stereocenters. The SMILES string of the molecule is Cc1ccc(O)c(C=CC#N)n1. The van der Waals surface area contributed by atoms with Crippen molar-refractivity contribution in [2.75, 3.05) is 0 Å². The van der Waals surface area contributed by atoms with Crippen LogP contribution in [0.3, 0.4) is 0 Å². The molecular formula is C9H8N2O. The summed E-state index contributed by atoms with van der Waals surface area (Å²) in [7, 11) is 0. The first-order valence-electron chi connectivity index (χ1n) is 3.47. The fraction of sp³-hybridized carbons (Fsp3) is 0.111. The highest BCUT2D eigenvalue weighted by molar-refractivity contribution is 5.54. The summed E-state index contributed by atoms with van der Waals surface area (Å²) in [6.07, 6.45) is 2.75. The van der Waals surface area contributed by atoms with Gasteiger partial charge in [0.15, 0.2) is 0 Å². The van der Waals surface area contributed by atoms with Gasteiger partial charge in [-0.3, -0.25) is 0 Å². The number of nitriles is 1. The minimum absolute atomic E-state index is 0.0899. The van der Waals surface area contributed by atoms with E-state index in [0.29, 0.717) is 5.69 Å². The molecule has 0 saturated heterocycles. The summed E-state index contributed by atoms with van der Waals surface area (Å²) in [6, 6.07) is 5.09. The highest BCUT2D eigenvalue weighted by atomic mass is 16.3. The number of rotatable bonds is 1. The lowest BCUT2D eigenvalue weighted by molar-refractivity contribution is 0.471. The average molecular weight is 160 g/mol. The van der Waals surface area contributed by atoms with Crippen LogP contribution in [0.2, 0.25) is 0 Å². The van der Waals surface area contributed by atoms with Crippen LogP contribution in [0, 0.1) is 18.3 Å². The van der Waals surface area contributed by atoms with Crippen LogP contribution < -0.4 is 0 Å². The zero-order valence-electron chi connectivity index (χ0n) is 6.65. The predicted molar refractivity (Wildman–Crippen MR) is 45.3 cm³/mol. The third-order valence-corrected chi connectivity index (χ3v) is 1.36. The minimum Gasteiger partial charge on any atom is -0.506 e. The Hall–Kier alpha value is -1.82. The quantitative estimate of drug-likeness (QED) is 0.635. The number of nitrogens with zero attached hydrogens (tertiary/aromatic N) is 2. The summed E-state index contributed by atoms with van der Waals surface area (Å²) in [5.41, 5.74) is 1.24. The van der Waals surface area contributed by atoms with Crippen molar-refractivity contribution >= 4 is 6.08 Å². The van der Waals surface area contributed by atoms with E-state index in [1.54, 1.807) is 12.1 Å². The fourth-order valence-corrected chi connectivity index (χ4v) is 0.808. The molecular weight excluding hydrogens is 152 g/mol. The molecule has 0 amide bonds. The Labute approximate surface area is 70.6 Å². The zero-order chi connectivity index (χ0) is 8.97. The monoisotopic (exact) mass is 160 g/mol. The lowest BCUT2D eigenvalue weighted by atomic mass is 10.2. The molecule has 0 saturated carbocycles. The molecule has 1 aromatic heterocycles. The van der Waals surface area contributed by atoms with Gasteiger partial charge in [-0.05, 0) is 25.1 Å². The fourth-order valence-electron chi connectivity index (χ4n) is 0.808. The van der Waals surface area contributed by atoms with Crippen LogP contribution in [0.25, 0.3) is 6.08 Å². The predicted octanol–water partition coefficient (Wildman–Crippen LogP) is 1.63.